The number of aryl methyl sites for hydroxylation is 1. The zero-order valence-electron chi connectivity index (χ0n) is 19.1. The molecule has 1 aliphatic rings. The molecule has 30 heavy (non-hydrogen) atoms. The molecule has 0 amide bonds. The van der Waals surface area contributed by atoms with Crippen molar-refractivity contribution in [1.82, 2.24) is 4.31 Å². The number of hydrogen-bond donors (Lipinski definition) is 1. The highest BCUT2D eigenvalue weighted by atomic mass is 35.5. The summed E-state index contributed by atoms with van der Waals surface area (Å²) in [6, 6.07) is 7.42. The highest BCUT2D eigenvalue weighted by molar-refractivity contribution is 7.89. The van der Waals surface area contributed by atoms with Gasteiger partial charge in [0.15, 0.2) is 0 Å². The Morgan fingerprint density at radius 1 is 0.900 bits per heavy atom. The molecule has 1 saturated heterocycles. The fourth-order valence-electron chi connectivity index (χ4n) is 4.30. The molecule has 2 N–H and O–H groups in total. The molecule has 0 aliphatic carbocycles. The Hall–Kier alpha value is -0.620. The van der Waals surface area contributed by atoms with Crippen LogP contribution in [0.4, 0.5) is 0 Å². The normalized spacial score (nSPS) is 17.6. The number of quaternary nitrogens is 1. The lowest BCUT2D eigenvalue weighted by Gasteiger charge is -2.33. The van der Waals surface area contributed by atoms with Gasteiger partial charge in [-0.3, -0.25) is 0 Å². The van der Waals surface area contributed by atoms with Gasteiger partial charge in [0.2, 0.25) is 10.0 Å². The van der Waals surface area contributed by atoms with Crippen molar-refractivity contribution in [3.63, 3.8) is 0 Å². The molecule has 0 saturated carbocycles. The van der Waals surface area contributed by atoms with E-state index in [-0.39, 0.29) is 18.4 Å². The molecule has 0 bridgehead atoms. The summed E-state index contributed by atoms with van der Waals surface area (Å²) in [5, 5.41) is 2.27. The topological polar surface area (TPSA) is 54.0 Å². The van der Waals surface area contributed by atoms with E-state index in [1.807, 2.05) is 19.1 Å². The van der Waals surface area contributed by atoms with Gasteiger partial charge < -0.3 is 17.7 Å². The second-order valence-corrected chi connectivity index (χ2v) is 10.6. The monoisotopic (exact) mass is 458 g/mol. The van der Waals surface area contributed by atoms with Crippen LogP contribution in [0.1, 0.15) is 89.5 Å². The second kappa shape index (κ2) is 15.2. The molecule has 1 atom stereocenters. The maximum atomic E-state index is 13.1. The standard InChI is InChI=1S/C24H42N2O2S.ClH/c1-3-4-5-6-7-8-9-10-11-12-13-14-23-21-25-19-20-26(23)29(27,28)24-17-15-22(2)16-18-24;/h15-18,23,25H,3-14,19-21H2,1-2H3;1H. The van der Waals surface area contributed by atoms with Crippen LogP contribution in [0, 0.1) is 6.92 Å². The van der Waals surface area contributed by atoms with Crippen molar-refractivity contribution in [1.29, 1.82) is 0 Å². The van der Waals surface area contributed by atoms with Gasteiger partial charge in [-0.2, -0.15) is 4.31 Å². The quantitative estimate of drug-likeness (QED) is 0.431. The minimum Gasteiger partial charge on any atom is -1.00 e. The number of piperazine rings is 1. The average Bonchev–Trinajstić information content (AvgIpc) is 2.72. The van der Waals surface area contributed by atoms with Crippen LogP contribution >= 0.6 is 0 Å². The summed E-state index contributed by atoms with van der Waals surface area (Å²) in [6.07, 6.45) is 15.6. The van der Waals surface area contributed by atoms with Crippen LogP contribution in [0.25, 0.3) is 0 Å². The van der Waals surface area contributed by atoms with Crippen LogP contribution in [-0.4, -0.2) is 38.4 Å². The number of unbranched alkanes of at least 4 members (excludes halogenated alkanes) is 10. The average molecular weight is 459 g/mol. The minimum absolute atomic E-state index is 0. The van der Waals surface area contributed by atoms with Gasteiger partial charge >= 0.3 is 0 Å². The van der Waals surface area contributed by atoms with Crippen molar-refractivity contribution in [3.05, 3.63) is 29.8 Å². The van der Waals surface area contributed by atoms with Crippen molar-refractivity contribution in [2.75, 3.05) is 19.6 Å². The van der Waals surface area contributed by atoms with E-state index in [4.69, 9.17) is 0 Å². The SMILES string of the molecule is CCCCCCCCCCCCCC1C[NH2+]CCN1S(=O)(=O)c1ccc(C)cc1.[Cl-]. The fraction of sp³-hybridized carbons (Fsp3) is 0.750. The van der Waals surface area contributed by atoms with E-state index in [2.05, 4.69) is 12.2 Å². The Morgan fingerprint density at radius 2 is 1.43 bits per heavy atom. The largest absolute Gasteiger partial charge is 1.00 e. The molecule has 1 fully saturated rings. The van der Waals surface area contributed by atoms with Gasteiger partial charge in [-0.15, -0.1) is 0 Å². The molecule has 2 rings (SSSR count). The number of rotatable bonds is 14. The first-order chi connectivity index (χ1) is 14.1. The molecule has 1 heterocycles. The van der Waals surface area contributed by atoms with Gasteiger partial charge in [0.05, 0.1) is 30.6 Å². The highest BCUT2D eigenvalue weighted by Crippen LogP contribution is 2.22. The predicted molar refractivity (Wildman–Crippen MR) is 122 cm³/mol. The molecule has 1 unspecified atom stereocenters. The van der Waals surface area contributed by atoms with Gasteiger partial charge in [-0.1, -0.05) is 95.2 Å². The molecular weight excluding hydrogens is 416 g/mol. The molecule has 1 aromatic carbocycles. The molecule has 0 aromatic heterocycles. The van der Waals surface area contributed by atoms with Gasteiger partial charge in [-0.25, -0.2) is 8.42 Å². The van der Waals surface area contributed by atoms with Crippen LogP contribution in [0.2, 0.25) is 0 Å². The van der Waals surface area contributed by atoms with E-state index in [1.165, 1.54) is 64.2 Å². The summed E-state index contributed by atoms with van der Waals surface area (Å²) in [5.74, 6) is 0. The molecule has 0 spiro atoms. The lowest BCUT2D eigenvalue weighted by atomic mass is 10.0. The molecule has 1 aliphatic heterocycles. The first-order valence-corrected chi connectivity index (χ1v) is 13.4. The third-order valence-electron chi connectivity index (χ3n) is 6.17. The van der Waals surface area contributed by atoms with E-state index in [0.717, 1.165) is 31.5 Å². The van der Waals surface area contributed by atoms with Crippen LogP contribution in [0.5, 0.6) is 0 Å². The van der Waals surface area contributed by atoms with Gasteiger partial charge in [0.1, 0.15) is 0 Å². The van der Waals surface area contributed by atoms with Crippen molar-refractivity contribution in [3.8, 4) is 0 Å². The van der Waals surface area contributed by atoms with Crippen LogP contribution < -0.4 is 17.7 Å². The summed E-state index contributed by atoms with van der Waals surface area (Å²) in [6.45, 7) is 6.63. The molecule has 174 valence electrons. The van der Waals surface area contributed by atoms with E-state index >= 15 is 0 Å². The first-order valence-electron chi connectivity index (χ1n) is 12.0. The Labute approximate surface area is 191 Å². The number of halogens is 1. The lowest BCUT2D eigenvalue weighted by molar-refractivity contribution is -0.667. The molecule has 4 nitrogen and oxygen atoms in total. The van der Waals surface area contributed by atoms with E-state index in [1.54, 1.807) is 16.4 Å². The van der Waals surface area contributed by atoms with Crippen molar-refractivity contribution < 1.29 is 26.1 Å². The van der Waals surface area contributed by atoms with Crippen molar-refractivity contribution in [2.24, 2.45) is 0 Å². The number of benzene rings is 1. The molecular formula is C24H43ClN2O2S. The molecule has 6 heteroatoms. The second-order valence-electron chi connectivity index (χ2n) is 8.72. The maximum Gasteiger partial charge on any atom is 0.243 e. The number of nitrogens with two attached hydrogens (primary N) is 1. The minimum atomic E-state index is -3.38. The summed E-state index contributed by atoms with van der Waals surface area (Å²) in [7, 11) is -3.38. The van der Waals surface area contributed by atoms with Gasteiger partial charge in [0.25, 0.3) is 0 Å². The van der Waals surface area contributed by atoms with E-state index < -0.39 is 10.0 Å². The smallest absolute Gasteiger partial charge is 0.243 e. The Balaban J connectivity index is 0.00000450. The molecule has 0 radical (unpaired) electrons. The lowest BCUT2D eigenvalue weighted by Crippen LogP contribution is -3.00. The third-order valence-corrected chi connectivity index (χ3v) is 8.13. The zero-order valence-corrected chi connectivity index (χ0v) is 20.7. The fourth-order valence-corrected chi connectivity index (χ4v) is 5.98. The van der Waals surface area contributed by atoms with E-state index in [0.29, 0.717) is 11.4 Å². The zero-order chi connectivity index (χ0) is 21.0. The third kappa shape index (κ3) is 9.25. The van der Waals surface area contributed by atoms with Crippen LogP contribution in [0.15, 0.2) is 29.2 Å². The van der Waals surface area contributed by atoms with E-state index in [9.17, 15) is 8.42 Å². The first kappa shape index (κ1) is 27.4. The Bertz CT molecular complexity index is 664. The Kier molecular flexibility index (Phi) is 13.9. The summed E-state index contributed by atoms with van der Waals surface area (Å²) >= 11 is 0. The number of nitrogens with zero attached hydrogens (tertiary/aromatic N) is 1. The maximum absolute atomic E-state index is 13.1. The summed E-state index contributed by atoms with van der Waals surface area (Å²) < 4.78 is 28.0. The predicted octanol–water partition coefficient (Wildman–Crippen LogP) is 1.64. The number of hydrogen-bond acceptors (Lipinski definition) is 2. The summed E-state index contributed by atoms with van der Waals surface area (Å²) in [4.78, 5) is 0.439. The molecule has 1 aromatic rings. The summed E-state index contributed by atoms with van der Waals surface area (Å²) in [5.41, 5.74) is 1.09. The Morgan fingerprint density at radius 3 is 2.00 bits per heavy atom. The van der Waals surface area contributed by atoms with Crippen molar-refractivity contribution in [2.45, 2.75) is 102 Å². The highest BCUT2D eigenvalue weighted by Gasteiger charge is 2.34. The van der Waals surface area contributed by atoms with Gasteiger partial charge in [0, 0.05) is 0 Å². The van der Waals surface area contributed by atoms with Crippen LogP contribution in [0.3, 0.4) is 0 Å². The van der Waals surface area contributed by atoms with Crippen molar-refractivity contribution >= 4 is 10.0 Å². The van der Waals surface area contributed by atoms with Crippen LogP contribution in [-0.2, 0) is 10.0 Å². The number of sulfonamides is 1. The van der Waals surface area contributed by atoms with Gasteiger partial charge in [-0.05, 0) is 25.5 Å².